The maximum Gasteiger partial charge on any atom is 0.304 e. The molecule has 0 fully saturated rings. The van der Waals surface area contributed by atoms with Gasteiger partial charge in [-0.1, -0.05) is 18.2 Å². The molecule has 1 aliphatic rings. The van der Waals surface area contributed by atoms with Gasteiger partial charge in [0.05, 0.1) is 12.1 Å². The van der Waals surface area contributed by atoms with E-state index in [1.165, 1.54) is 0 Å². The van der Waals surface area contributed by atoms with Crippen LogP contribution in [0.25, 0.3) is 0 Å². The van der Waals surface area contributed by atoms with Crippen LogP contribution in [0.4, 0.5) is 5.69 Å². The molecular weight excluding hydrogens is 206 g/mol. The van der Waals surface area contributed by atoms with Crippen molar-refractivity contribution in [1.82, 2.24) is 0 Å². The van der Waals surface area contributed by atoms with Crippen LogP contribution in [0.1, 0.15) is 18.4 Å². The third kappa shape index (κ3) is 1.72. The van der Waals surface area contributed by atoms with Gasteiger partial charge in [0.1, 0.15) is 0 Å². The van der Waals surface area contributed by atoms with Crippen LogP contribution in [0, 0.1) is 0 Å². The summed E-state index contributed by atoms with van der Waals surface area (Å²) in [7, 11) is 0. The number of fused-ring (bicyclic) bond motifs is 1. The van der Waals surface area contributed by atoms with Crippen LogP contribution in [0.2, 0.25) is 0 Å². The van der Waals surface area contributed by atoms with Crippen molar-refractivity contribution in [1.29, 1.82) is 0 Å². The van der Waals surface area contributed by atoms with Crippen molar-refractivity contribution in [3.05, 3.63) is 29.8 Å². The Morgan fingerprint density at radius 3 is 2.81 bits per heavy atom. The van der Waals surface area contributed by atoms with E-state index < -0.39 is 11.4 Å². The van der Waals surface area contributed by atoms with E-state index in [1.54, 1.807) is 6.21 Å². The second-order valence-electron chi connectivity index (χ2n) is 3.98. The molecule has 4 nitrogen and oxygen atoms in total. The number of aliphatic imine (C=N–C) groups is 1. The van der Waals surface area contributed by atoms with E-state index in [2.05, 4.69) is 4.99 Å². The van der Waals surface area contributed by atoms with E-state index in [0.29, 0.717) is 6.42 Å². The number of benzene rings is 1. The van der Waals surface area contributed by atoms with Crippen LogP contribution >= 0.6 is 0 Å². The molecule has 1 aliphatic heterocycles. The highest BCUT2D eigenvalue weighted by Gasteiger charge is 2.37. The zero-order valence-corrected chi connectivity index (χ0v) is 8.76. The maximum absolute atomic E-state index is 10.9. The lowest BCUT2D eigenvalue weighted by Crippen LogP contribution is -2.30. The zero-order valence-electron chi connectivity index (χ0n) is 8.76. The molecule has 16 heavy (non-hydrogen) atoms. The highest BCUT2D eigenvalue weighted by Crippen LogP contribution is 2.41. The molecule has 1 unspecified atom stereocenters. The molecule has 1 aromatic carbocycles. The summed E-state index contributed by atoms with van der Waals surface area (Å²) in [5.74, 6) is -0.878. The fourth-order valence-corrected chi connectivity index (χ4v) is 2.17. The molecule has 2 N–H and O–H groups in total. The number of para-hydroxylation sites is 1. The fraction of sp³-hybridized carbons (Fsp3) is 0.333. The first-order valence-electron chi connectivity index (χ1n) is 5.15. The minimum absolute atomic E-state index is 0.0337. The molecule has 0 spiro atoms. The first kappa shape index (κ1) is 10.8. The van der Waals surface area contributed by atoms with Crippen molar-refractivity contribution in [2.45, 2.75) is 18.3 Å². The standard InChI is InChI=1S/C12H13NO3/c14-6-5-12(7-11(15)16)8-13-10-4-2-1-3-9(10)12/h1-4,8,14H,5-7H2,(H,15,16). The van der Waals surface area contributed by atoms with Gasteiger partial charge in [-0.25, -0.2) is 0 Å². The quantitative estimate of drug-likeness (QED) is 0.806. The van der Waals surface area contributed by atoms with Crippen LogP contribution < -0.4 is 0 Å². The Kier molecular flexibility index (Phi) is 2.75. The number of rotatable bonds is 4. The van der Waals surface area contributed by atoms with E-state index in [-0.39, 0.29) is 13.0 Å². The van der Waals surface area contributed by atoms with E-state index >= 15 is 0 Å². The summed E-state index contributed by atoms with van der Waals surface area (Å²) in [6.07, 6.45) is 2.01. The van der Waals surface area contributed by atoms with Crippen LogP contribution in [0.5, 0.6) is 0 Å². The molecule has 0 aliphatic carbocycles. The molecule has 0 aromatic heterocycles. The molecule has 1 atom stereocenters. The molecule has 2 rings (SSSR count). The number of aliphatic carboxylic acids is 1. The summed E-state index contributed by atoms with van der Waals surface area (Å²) in [6, 6.07) is 7.46. The molecule has 0 saturated heterocycles. The fourth-order valence-electron chi connectivity index (χ4n) is 2.17. The van der Waals surface area contributed by atoms with Crippen molar-refractivity contribution >= 4 is 17.9 Å². The number of carbonyl (C=O) groups is 1. The van der Waals surface area contributed by atoms with Gasteiger partial charge in [0.15, 0.2) is 0 Å². The van der Waals surface area contributed by atoms with Gasteiger partial charge >= 0.3 is 5.97 Å². The Morgan fingerprint density at radius 1 is 1.38 bits per heavy atom. The van der Waals surface area contributed by atoms with Crippen LogP contribution in [0.15, 0.2) is 29.3 Å². The Morgan fingerprint density at radius 2 is 2.12 bits per heavy atom. The maximum atomic E-state index is 10.9. The second-order valence-corrected chi connectivity index (χ2v) is 3.98. The van der Waals surface area contributed by atoms with Crippen LogP contribution in [0.3, 0.4) is 0 Å². The van der Waals surface area contributed by atoms with Crippen LogP contribution in [-0.4, -0.2) is 29.0 Å². The Labute approximate surface area is 93.3 Å². The summed E-state index contributed by atoms with van der Waals surface area (Å²) in [6.45, 7) is -0.0480. The zero-order chi connectivity index (χ0) is 11.6. The minimum Gasteiger partial charge on any atom is -0.481 e. The van der Waals surface area contributed by atoms with E-state index in [4.69, 9.17) is 10.2 Å². The summed E-state index contributed by atoms with van der Waals surface area (Å²) in [4.78, 5) is 15.1. The predicted octanol–water partition coefficient (Wildman–Crippen LogP) is 1.50. The number of aliphatic hydroxyl groups excluding tert-OH is 1. The predicted molar refractivity (Wildman–Crippen MR) is 60.2 cm³/mol. The average molecular weight is 219 g/mol. The largest absolute Gasteiger partial charge is 0.481 e. The molecule has 0 amide bonds. The summed E-state index contributed by atoms with van der Waals surface area (Å²) >= 11 is 0. The molecule has 84 valence electrons. The smallest absolute Gasteiger partial charge is 0.304 e. The molecule has 4 heteroatoms. The van der Waals surface area contributed by atoms with Crippen molar-refractivity contribution in [2.24, 2.45) is 4.99 Å². The Bertz CT molecular complexity index is 442. The van der Waals surface area contributed by atoms with Crippen molar-refractivity contribution < 1.29 is 15.0 Å². The Balaban J connectivity index is 2.42. The molecule has 1 aromatic rings. The molecule has 0 saturated carbocycles. The van der Waals surface area contributed by atoms with Crippen molar-refractivity contribution in [2.75, 3.05) is 6.61 Å². The second kappa shape index (κ2) is 4.06. The number of hydrogen-bond acceptors (Lipinski definition) is 3. The van der Waals surface area contributed by atoms with Gasteiger partial charge in [0, 0.05) is 18.2 Å². The monoisotopic (exact) mass is 219 g/mol. The van der Waals surface area contributed by atoms with Gasteiger partial charge in [-0.3, -0.25) is 9.79 Å². The molecule has 0 bridgehead atoms. The van der Waals surface area contributed by atoms with Crippen molar-refractivity contribution in [3.8, 4) is 0 Å². The highest BCUT2D eigenvalue weighted by atomic mass is 16.4. The average Bonchev–Trinajstić information content (AvgIpc) is 2.58. The third-order valence-electron chi connectivity index (χ3n) is 2.92. The number of nitrogens with zero attached hydrogens (tertiary/aromatic N) is 1. The van der Waals surface area contributed by atoms with Crippen molar-refractivity contribution in [3.63, 3.8) is 0 Å². The summed E-state index contributed by atoms with van der Waals surface area (Å²) in [5, 5.41) is 18.0. The lowest BCUT2D eigenvalue weighted by atomic mass is 9.77. The van der Waals surface area contributed by atoms with Gasteiger partial charge in [-0.2, -0.15) is 0 Å². The molecule has 0 radical (unpaired) electrons. The number of aliphatic hydroxyl groups is 1. The van der Waals surface area contributed by atoms with Gasteiger partial charge in [0.2, 0.25) is 0 Å². The van der Waals surface area contributed by atoms with Crippen LogP contribution in [-0.2, 0) is 10.2 Å². The topological polar surface area (TPSA) is 69.9 Å². The lowest BCUT2D eigenvalue weighted by Gasteiger charge is -2.24. The number of carboxylic acid groups (broad SMARTS) is 1. The summed E-state index contributed by atoms with van der Waals surface area (Å²) in [5.41, 5.74) is 1.06. The SMILES string of the molecule is O=C(O)CC1(CCO)C=Nc2ccccc21. The van der Waals surface area contributed by atoms with E-state index in [0.717, 1.165) is 11.3 Å². The van der Waals surface area contributed by atoms with E-state index in [1.807, 2.05) is 24.3 Å². The minimum atomic E-state index is -0.878. The van der Waals surface area contributed by atoms with Gasteiger partial charge in [0.25, 0.3) is 0 Å². The van der Waals surface area contributed by atoms with Gasteiger partial charge < -0.3 is 10.2 Å². The number of carboxylic acids is 1. The lowest BCUT2D eigenvalue weighted by molar-refractivity contribution is -0.138. The first-order valence-corrected chi connectivity index (χ1v) is 5.15. The van der Waals surface area contributed by atoms with Gasteiger partial charge in [-0.05, 0) is 18.1 Å². The normalized spacial score (nSPS) is 22.1. The third-order valence-corrected chi connectivity index (χ3v) is 2.92. The Hall–Kier alpha value is -1.68. The van der Waals surface area contributed by atoms with E-state index in [9.17, 15) is 4.79 Å². The molecule has 1 heterocycles. The van der Waals surface area contributed by atoms with Gasteiger partial charge in [-0.15, -0.1) is 0 Å². The number of hydrogen-bond donors (Lipinski definition) is 2. The highest BCUT2D eigenvalue weighted by molar-refractivity contribution is 5.89. The summed E-state index contributed by atoms with van der Waals surface area (Å²) < 4.78 is 0. The first-order chi connectivity index (χ1) is 7.68. The molecular formula is C12H13NO3.